The quantitative estimate of drug-likeness (QED) is 0.201. The van der Waals surface area contributed by atoms with Crippen LogP contribution < -0.4 is 10.1 Å². The number of unbranched alkanes of at least 4 members (excludes halogenated alkanes) is 2. The van der Waals surface area contributed by atoms with Crippen molar-refractivity contribution in [3.63, 3.8) is 0 Å². The number of ether oxygens (including phenoxy) is 1. The van der Waals surface area contributed by atoms with Gasteiger partial charge in [0.25, 0.3) is 5.91 Å². The number of aryl methyl sites for hydroxylation is 3. The van der Waals surface area contributed by atoms with Gasteiger partial charge in [-0.25, -0.2) is 4.98 Å². The number of carbonyl (C=O) groups excluding carboxylic acids is 1. The number of hydrogen-bond acceptors (Lipinski definition) is 3. The Morgan fingerprint density at radius 2 is 1.68 bits per heavy atom. The lowest BCUT2D eigenvalue weighted by atomic mass is 10.0. The van der Waals surface area contributed by atoms with Gasteiger partial charge in [-0.1, -0.05) is 62.2 Å². The number of fused-ring (bicyclic) bond motifs is 1. The number of para-hydroxylation sites is 2. The Morgan fingerprint density at radius 3 is 2.43 bits per heavy atom. The molecule has 0 fully saturated rings. The predicted octanol–water partition coefficient (Wildman–Crippen LogP) is 7.08. The average Bonchev–Trinajstić information content (AvgIpc) is 3.26. The molecular weight excluding hydrogens is 458 g/mol. The van der Waals surface area contributed by atoms with Gasteiger partial charge in [0, 0.05) is 25.1 Å². The highest BCUT2D eigenvalue weighted by Crippen LogP contribution is 2.20. The molecule has 0 aliphatic rings. The van der Waals surface area contributed by atoms with Crippen molar-refractivity contribution in [2.45, 2.75) is 65.3 Å². The summed E-state index contributed by atoms with van der Waals surface area (Å²) in [4.78, 5) is 17.2. The molecule has 0 bridgehead atoms. The molecule has 194 valence electrons. The highest BCUT2D eigenvalue weighted by Gasteiger charge is 2.11. The van der Waals surface area contributed by atoms with Crippen LogP contribution in [0.4, 0.5) is 0 Å². The highest BCUT2D eigenvalue weighted by molar-refractivity contribution is 5.94. The molecule has 3 aromatic carbocycles. The summed E-state index contributed by atoms with van der Waals surface area (Å²) in [6, 6.07) is 24.5. The summed E-state index contributed by atoms with van der Waals surface area (Å²) in [6.45, 7) is 8.68. The fourth-order valence-corrected chi connectivity index (χ4v) is 4.52. The Kier molecular flexibility index (Phi) is 9.36. The summed E-state index contributed by atoms with van der Waals surface area (Å²) >= 11 is 0. The minimum Gasteiger partial charge on any atom is -0.494 e. The number of aromatic nitrogens is 2. The Hall–Kier alpha value is -3.60. The van der Waals surface area contributed by atoms with Crippen molar-refractivity contribution >= 4 is 16.9 Å². The smallest absolute Gasteiger partial charge is 0.251 e. The zero-order valence-electron chi connectivity index (χ0n) is 22.4. The maximum absolute atomic E-state index is 12.3. The number of benzene rings is 3. The van der Waals surface area contributed by atoms with Crippen LogP contribution in [0, 0.1) is 6.92 Å². The summed E-state index contributed by atoms with van der Waals surface area (Å²) in [5.41, 5.74) is 5.44. The average molecular weight is 498 g/mol. The van der Waals surface area contributed by atoms with Gasteiger partial charge in [0.15, 0.2) is 0 Å². The van der Waals surface area contributed by atoms with Gasteiger partial charge in [-0.05, 0) is 74.1 Å². The van der Waals surface area contributed by atoms with Crippen LogP contribution in [-0.2, 0) is 13.0 Å². The third-order valence-corrected chi connectivity index (χ3v) is 6.75. The number of hydrogen-bond donors (Lipinski definition) is 1. The highest BCUT2D eigenvalue weighted by atomic mass is 16.5. The van der Waals surface area contributed by atoms with Gasteiger partial charge < -0.3 is 14.6 Å². The molecule has 4 aromatic rings. The summed E-state index contributed by atoms with van der Waals surface area (Å²) in [7, 11) is 0. The van der Waals surface area contributed by atoms with Crippen LogP contribution in [0.5, 0.6) is 5.75 Å². The first-order valence-corrected chi connectivity index (χ1v) is 13.5. The molecule has 0 atom stereocenters. The number of nitrogens with zero attached hydrogens (tertiary/aromatic N) is 2. The molecule has 37 heavy (non-hydrogen) atoms. The van der Waals surface area contributed by atoms with E-state index in [9.17, 15) is 4.79 Å². The van der Waals surface area contributed by atoms with E-state index in [1.807, 2.05) is 37.3 Å². The molecule has 1 N–H and O–H groups in total. The molecular formula is C32H39N3O2. The van der Waals surface area contributed by atoms with Crippen molar-refractivity contribution in [3.8, 4) is 5.75 Å². The lowest BCUT2D eigenvalue weighted by molar-refractivity contribution is 0.0953. The zero-order valence-corrected chi connectivity index (χ0v) is 22.4. The molecule has 4 rings (SSSR count). The molecule has 0 aliphatic heterocycles. The lowest BCUT2D eigenvalue weighted by Crippen LogP contribution is -2.24. The Balaban J connectivity index is 1.23. The summed E-state index contributed by atoms with van der Waals surface area (Å²) in [5, 5.41) is 3.03. The first-order chi connectivity index (χ1) is 18.0. The number of imidazole rings is 1. The molecule has 1 aromatic heterocycles. The van der Waals surface area contributed by atoms with E-state index < -0.39 is 0 Å². The fourth-order valence-electron chi connectivity index (χ4n) is 4.52. The van der Waals surface area contributed by atoms with Crippen LogP contribution >= 0.6 is 0 Å². The van der Waals surface area contributed by atoms with E-state index in [2.05, 4.69) is 66.2 Å². The van der Waals surface area contributed by atoms with Crippen molar-refractivity contribution in [1.82, 2.24) is 14.9 Å². The topological polar surface area (TPSA) is 56.2 Å². The Morgan fingerprint density at radius 1 is 0.919 bits per heavy atom. The second-order valence-electron chi connectivity index (χ2n) is 10.0. The molecule has 0 saturated heterocycles. The van der Waals surface area contributed by atoms with Gasteiger partial charge in [0.2, 0.25) is 0 Å². The third-order valence-electron chi connectivity index (χ3n) is 6.75. The minimum absolute atomic E-state index is 0.000114. The van der Waals surface area contributed by atoms with Gasteiger partial charge in [-0.3, -0.25) is 4.79 Å². The molecule has 1 heterocycles. The van der Waals surface area contributed by atoms with Crippen molar-refractivity contribution in [3.05, 3.63) is 95.3 Å². The summed E-state index contributed by atoms with van der Waals surface area (Å²) in [5.74, 6) is 2.58. The standard InChI is InChI=1S/C32H39N3O2/c1-24(2)26-17-19-28(20-18-26)37-23-9-22-35-30-11-7-6-10-29(30)34-31(35)12-5-4-8-21-33-32(36)27-15-13-25(3)14-16-27/h6-7,10-11,13-20,24H,4-5,8-9,12,21-23H2,1-3H3,(H,33,36). The number of carbonyl (C=O) groups is 1. The first-order valence-electron chi connectivity index (χ1n) is 13.5. The third kappa shape index (κ3) is 7.45. The van der Waals surface area contributed by atoms with Crippen LogP contribution in [0.25, 0.3) is 11.0 Å². The molecule has 0 aliphatic carbocycles. The lowest BCUT2D eigenvalue weighted by Gasteiger charge is -2.11. The van der Waals surface area contributed by atoms with Crippen molar-refractivity contribution in [1.29, 1.82) is 0 Å². The van der Waals surface area contributed by atoms with Crippen LogP contribution in [0.3, 0.4) is 0 Å². The molecule has 5 heteroatoms. The summed E-state index contributed by atoms with van der Waals surface area (Å²) < 4.78 is 8.35. The Labute approximate surface area is 220 Å². The summed E-state index contributed by atoms with van der Waals surface area (Å²) in [6.07, 6.45) is 4.90. The molecule has 0 radical (unpaired) electrons. The zero-order chi connectivity index (χ0) is 26.0. The first kappa shape index (κ1) is 26.5. The van der Waals surface area contributed by atoms with Crippen molar-refractivity contribution in [2.75, 3.05) is 13.2 Å². The van der Waals surface area contributed by atoms with Gasteiger partial charge in [0.1, 0.15) is 11.6 Å². The second-order valence-corrected chi connectivity index (χ2v) is 10.0. The van der Waals surface area contributed by atoms with Crippen molar-refractivity contribution in [2.24, 2.45) is 0 Å². The van der Waals surface area contributed by atoms with E-state index in [0.717, 1.165) is 66.9 Å². The Bertz CT molecular complexity index is 1270. The maximum atomic E-state index is 12.3. The van der Waals surface area contributed by atoms with E-state index in [-0.39, 0.29) is 5.91 Å². The van der Waals surface area contributed by atoms with E-state index in [0.29, 0.717) is 19.1 Å². The molecule has 1 amide bonds. The van der Waals surface area contributed by atoms with E-state index in [1.165, 1.54) is 11.1 Å². The molecule has 0 spiro atoms. The SMILES string of the molecule is Cc1ccc(C(=O)NCCCCCc2nc3ccccc3n2CCCOc2ccc(C(C)C)cc2)cc1. The van der Waals surface area contributed by atoms with E-state index in [4.69, 9.17) is 9.72 Å². The van der Waals surface area contributed by atoms with Crippen LogP contribution in [0.15, 0.2) is 72.8 Å². The van der Waals surface area contributed by atoms with E-state index >= 15 is 0 Å². The molecule has 0 unspecified atom stereocenters. The van der Waals surface area contributed by atoms with Gasteiger partial charge >= 0.3 is 0 Å². The van der Waals surface area contributed by atoms with Gasteiger partial charge in [-0.2, -0.15) is 0 Å². The fraction of sp³-hybridized carbons (Fsp3) is 0.375. The maximum Gasteiger partial charge on any atom is 0.251 e. The molecule has 5 nitrogen and oxygen atoms in total. The van der Waals surface area contributed by atoms with Crippen LogP contribution in [0.2, 0.25) is 0 Å². The molecule has 0 saturated carbocycles. The van der Waals surface area contributed by atoms with Gasteiger partial charge in [0.05, 0.1) is 17.6 Å². The minimum atomic E-state index is -0.000114. The predicted molar refractivity (Wildman–Crippen MR) is 151 cm³/mol. The van der Waals surface area contributed by atoms with Crippen molar-refractivity contribution < 1.29 is 9.53 Å². The van der Waals surface area contributed by atoms with Crippen LogP contribution in [0.1, 0.15) is 72.8 Å². The monoisotopic (exact) mass is 497 g/mol. The second kappa shape index (κ2) is 13.1. The number of nitrogens with one attached hydrogen (secondary N) is 1. The largest absolute Gasteiger partial charge is 0.494 e. The number of rotatable bonds is 13. The van der Waals surface area contributed by atoms with Crippen LogP contribution in [-0.4, -0.2) is 28.6 Å². The normalized spacial score (nSPS) is 11.2. The number of amides is 1. The van der Waals surface area contributed by atoms with Gasteiger partial charge in [-0.15, -0.1) is 0 Å². The van der Waals surface area contributed by atoms with E-state index in [1.54, 1.807) is 0 Å².